The molecule has 5 aromatic rings. The molecule has 0 radical (unpaired) electrons. The normalized spacial score (nSPS) is 11.8. The highest BCUT2D eigenvalue weighted by molar-refractivity contribution is 5.86. The van der Waals surface area contributed by atoms with E-state index in [2.05, 4.69) is 0 Å². The number of hydrogen-bond donors (Lipinski definition) is 0. The van der Waals surface area contributed by atoms with Gasteiger partial charge in [0.15, 0.2) is 0 Å². The van der Waals surface area contributed by atoms with Crippen LogP contribution in [-0.4, -0.2) is 18.0 Å². The number of carbonyl (C=O) groups is 2. The molecule has 5 rings (SSSR count). The third-order valence-electron chi connectivity index (χ3n) is 6.16. The van der Waals surface area contributed by atoms with Gasteiger partial charge in [0.05, 0.1) is 6.42 Å². The van der Waals surface area contributed by atoms with Crippen LogP contribution in [0.4, 0.5) is 0 Å². The Morgan fingerprint density at radius 3 is 1.81 bits per heavy atom. The lowest BCUT2D eigenvalue weighted by Gasteiger charge is -2.18. The van der Waals surface area contributed by atoms with Crippen molar-refractivity contribution in [2.24, 2.45) is 0 Å². The maximum absolute atomic E-state index is 13.0. The van der Waals surface area contributed by atoms with Gasteiger partial charge in [-0.05, 0) is 38.2 Å². The fraction of sp³-hybridized carbons (Fsp3) is 0.125. The van der Waals surface area contributed by atoms with Gasteiger partial charge in [-0.2, -0.15) is 0 Å². The third kappa shape index (κ3) is 5.78. The molecule has 0 aromatic heterocycles. The van der Waals surface area contributed by atoms with E-state index in [0.29, 0.717) is 0 Å². The number of hydrogen-bond acceptors (Lipinski definition) is 4. The highest BCUT2D eigenvalue weighted by atomic mass is 16.6. The molecule has 0 amide bonds. The lowest BCUT2D eigenvalue weighted by molar-refractivity contribution is -0.168. The molecule has 1 atom stereocenters. The summed E-state index contributed by atoms with van der Waals surface area (Å²) in [6, 6.07) is 37.3. The Hall–Kier alpha value is -4.44. The number of esters is 2. The average Bonchev–Trinajstić information content (AvgIpc) is 2.92. The van der Waals surface area contributed by atoms with Crippen molar-refractivity contribution in [1.82, 2.24) is 0 Å². The van der Waals surface area contributed by atoms with Gasteiger partial charge in [0.2, 0.25) is 6.10 Å². The Kier molecular flexibility index (Phi) is 7.04. The minimum absolute atomic E-state index is 0.0744. The summed E-state index contributed by atoms with van der Waals surface area (Å²) in [4.78, 5) is 26.0. The van der Waals surface area contributed by atoms with Gasteiger partial charge < -0.3 is 9.47 Å². The van der Waals surface area contributed by atoms with E-state index < -0.39 is 18.0 Å². The van der Waals surface area contributed by atoms with Crippen LogP contribution in [0.5, 0.6) is 0 Å². The molecular formula is C32H26O4. The molecule has 0 spiro atoms. The van der Waals surface area contributed by atoms with Crippen molar-refractivity contribution in [3.63, 3.8) is 0 Å². The zero-order valence-electron chi connectivity index (χ0n) is 19.8. The summed E-state index contributed by atoms with van der Waals surface area (Å²) >= 11 is 0. The maximum Gasteiger partial charge on any atom is 0.348 e. The average molecular weight is 475 g/mol. The Morgan fingerprint density at radius 1 is 0.583 bits per heavy atom. The molecule has 178 valence electrons. The van der Waals surface area contributed by atoms with Crippen LogP contribution in [-0.2, 0) is 38.5 Å². The van der Waals surface area contributed by atoms with E-state index in [1.807, 2.05) is 115 Å². The summed E-state index contributed by atoms with van der Waals surface area (Å²) in [5.74, 6) is -1.02. The number of rotatable bonds is 8. The van der Waals surface area contributed by atoms with E-state index in [0.717, 1.165) is 38.2 Å². The fourth-order valence-corrected chi connectivity index (χ4v) is 4.29. The molecular weight excluding hydrogens is 448 g/mol. The summed E-state index contributed by atoms with van der Waals surface area (Å²) in [5.41, 5.74) is 2.60. The summed E-state index contributed by atoms with van der Waals surface area (Å²) in [7, 11) is 0. The van der Waals surface area contributed by atoms with Gasteiger partial charge in [-0.15, -0.1) is 0 Å². The molecule has 36 heavy (non-hydrogen) atoms. The highest BCUT2D eigenvalue weighted by Crippen LogP contribution is 2.20. The van der Waals surface area contributed by atoms with Crippen LogP contribution < -0.4 is 0 Å². The van der Waals surface area contributed by atoms with E-state index in [-0.39, 0.29) is 19.4 Å². The van der Waals surface area contributed by atoms with Crippen LogP contribution in [0, 0.1) is 0 Å². The number of carbonyl (C=O) groups excluding carboxylic acids is 2. The molecule has 0 saturated carbocycles. The molecule has 0 N–H and O–H groups in total. The zero-order valence-corrected chi connectivity index (χ0v) is 19.8. The van der Waals surface area contributed by atoms with Crippen LogP contribution in [0.15, 0.2) is 115 Å². The predicted octanol–water partition coefficient (Wildman–Crippen LogP) is 6.43. The van der Waals surface area contributed by atoms with Gasteiger partial charge >= 0.3 is 11.9 Å². The quantitative estimate of drug-likeness (QED) is 0.243. The van der Waals surface area contributed by atoms with Crippen molar-refractivity contribution in [1.29, 1.82) is 0 Å². The third-order valence-corrected chi connectivity index (χ3v) is 6.16. The van der Waals surface area contributed by atoms with Gasteiger partial charge in [-0.1, -0.05) is 115 Å². The van der Waals surface area contributed by atoms with E-state index >= 15 is 0 Å². The first kappa shape index (κ1) is 23.3. The van der Waals surface area contributed by atoms with Crippen molar-refractivity contribution >= 4 is 33.5 Å². The van der Waals surface area contributed by atoms with Crippen LogP contribution in [0.3, 0.4) is 0 Å². The fourth-order valence-electron chi connectivity index (χ4n) is 4.29. The Morgan fingerprint density at radius 2 is 1.14 bits per heavy atom. The zero-order chi connectivity index (χ0) is 24.7. The Labute approximate surface area is 210 Å². The Bertz CT molecular complexity index is 1510. The van der Waals surface area contributed by atoms with Gasteiger partial charge in [-0.3, -0.25) is 4.79 Å². The number of ether oxygens (including phenoxy) is 2. The second kappa shape index (κ2) is 10.9. The van der Waals surface area contributed by atoms with E-state index in [9.17, 15) is 9.59 Å². The van der Waals surface area contributed by atoms with Crippen LogP contribution in [0.1, 0.15) is 16.7 Å². The maximum atomic E-state index is 13.0. The first-order chi connectivity index (χ1) is 17.6. The van der Waals surface area contributed by atoms with Crippen LogP contribution in [0.2, 0.25) is 0 Å². The molecule has 0 unspecified atom stereocenters. The van der Waals surface area contributed by atoms with Gasteiger partial charge in [0.1, 0.15) is 6.61 Å². The van der Waals surface area contributed by atoms with Crippen LogP contribution >= 0.6 is 0 Å². The standard InChI is InChI=1S/C32H26O4/c33-31(21-25-15-17-27-11-5-7-13-29(27)19-25)36-30(32(34)35-22-23-8-2-1-3-9-23)20-24-14-16-26-10-4-6-12-28(26)18-24/h1-19,30H,20-22H2/t30-/m1/s1. The highest BCUT2D eigenvalue weighted by Gasteiger charge is 2.25. The molecule has 0 aliphatic heterocycles. The smallest absolute Gasteiger partial charge is 0.348 e. The van der Waals surface area contributed by atoms with Crippen molar-refractivity contribution in [3.05, 3.63) is 132 Å². The Balaban J connectivity index is 1.32. The summed E-state index contributed by atoms with van der Waals surface area (Å²) in [5, 5.41) is 4.33. The first-order valence-electron chi connectivity index (χ1n) is 12.0. The van der Waals surface area contributed by atoms with Gasteiger partial charge in [0, 0.05) is 6.42 Å². The summed E-state index contributed by atoms with van der Waals surface area (Å²) in [6.45, 7) is 0.121. The largest absolute Gasteiger partial charge is 0.458 e. The lowest BCUT2D eigenvalue weighted by atomic mass is 10.0. The first-order valence-corrected chi connectivity index (χ1v) is 12.0. The summed E-state index contributed by atoms with van der Waals surface area (Å²) < 4.78 is 11.3. The molecule has 4 heteroatoms. The second-order valence-electron chi connectivity index (χ2n) is 8.82. The minimum Gasteiger partial charge on any atom is -0.458 e. The van der Waals surface area contributed by atoms with Crippen molar-refractivity contribution < 1.29 is 19.1 Å². The SMILES string of the molecule is O=C(Cc1ccc2ccccc2c1)O[C@H](Cc1ccc2ccccc2c1)C(=O)OCc1ccccc1. The minimum atomic E-state index is -1.04. The van der Waals surface area contributed by atoms with Gasteiger partial charge in [-0.25, -0.2) is 4.79 Å². The van der Waals surface area contributed by atoms with E-state index in [1.165, 1.54) is 0 Å². The molecule has 4 nitrogen and oxygen atoms in total. The molecule has 0 saturated heterocycles. The van der Waals surface area contributed by atoms with Crippen LogP contribution in [0.25, 0.3) is 21.5 Å². The van der Waals surface area contributed by atoms with E-state index in [4.69, 9.17) is 9.47 Å². The van der Waals surface area contributed by atoms with Crippen molar-refractivity contribution in [2.45, 2.75) is 25.6 Å². The molecule has 5 aromatic carbocycles. The molecule has 0 bridgehead atoms. The van der Waals surface area contributed by atoms with E-state index in [1.54, 1.807) is 0 Å². The monoisotopic (exact) mass is 474 g/mol. The topological polar surface area (TPSA) is 52.6 Å². The molecule has 0 aliphatic carbocycles. The van der Waals surface area contributed by atoms with Crippen molar-refractivity contribution in [3.8, 4) is 0 Å². The van der Waals surface area contributed by atoms with Gasteiger partial charge in [0.25, 0.3) is 0 Å². The van der Waals surface area contributed by atoms with Crippen molar-refractivity contribution in [2.75, 3.05) is 0 Å². The number of fused-ring (bicyclic) bond motifs is 2. The lowest BCUT2D eigenvalue weighted by Crippen LogP contribution is -2.31. The number of benzene rings is 5. The molecule has 0 heterocycles. The predicted molar refractivity (Wildman–Crippen MR) is 141 cm³/mol. The molecule has 0 fully saturated rings. The molecule has 0 aliphatic rings. The summed E-state index contributed by atoms with van der Waals surface area (Å²) in [6.07, 6.45) is -0.727. The second-order valence-corrected chi connectivity index (χ2v) is 8.82.